The Morgan fingerprint density at radius 1 is 1.19 bits per heavy atom. The summed E-state index contributed by atoms with van der Waals surface area (Å²) in [5, 5.41) is 2.75. The third-order valence-electron chi connectivity index (χ3n) is 4.27. The first-order chi connectivity index (χ1) is 12.9. The van der Waals surface area contributed by atoms with E-state index in [-0.39, 0.29) is 12.5 Å². The summed E-state index contributed by atoms with van der Waals surface area (Å²) < 4.78 is 36.1. The number of para-hydroxylation sites is 2. The number of nitrogens with zero attached hydrogens (tertiary/aromatic N) is 1. The summed E-state index contributed by atoms with van der Waals surface area (Å²) in [6, 6.07) is 12.4. The van der Waals surface area contributed by atoms with Crippen molar-refractivity contribution in [2.24, 2.45) is 0 Å². The fourth-order valence-electron chi connectivity index (χ4n) is 3.04. The van der Waals surface area contributed by atoms with Gasteiger partial charge in [-0.2, -0.15) is 0 Å². The van der Waals surface area contributed by atoms with Crippen LogP contribution in [0.25, 0.3) is 0 Å². The van der Waals surface area contributed by atoms with Crippen LogP contribution in [-0.2, 0) is 21.2 Å². The van der Waals surface area contributed by atoms with E-state index in [1.165, 1.54) is 17.7 Å². The number of carbonyl (C=O) groups is 1. The van der Waals surface area contributed by atoms with Crippen LogP contribution in [0.4, 0.5) is 11.4 Å². The fourth-order valence-corrected chi connectivity index (χ4v) is 4.03. The minimum atomic E-state index is -3.36. The van der Waals surface area contributed by atoms with Gasteiger partial charge in [-0.15, -0.1) is 0 Å². The Labute approximate surface area is 158 Å². The Kier molecular flexibility index (Phi) is 5.55. The molecule has 8 heteroatoms. The second kappa shape index (κ2) is 7.87. The number of sulfonamides is 1. The van der Waals surface area contributed by atoms with E-state index in [0.29, 0.717) is 29.4 Å². The van der Waals surface area contributed by atoms with Crippen molar-refractivity contribution in [3.05, 3.63) is 48.0 Å². The Balaban J connectivity index is 1.70. The molecule has 0 saturated heterocycles. The minimum Gasteiger partial charge on any atom is -0.493 e. The Bertz CT molecular complexity index is 943. The molecule has 7 nitrogen and oxygen atoms in total. The smallest absolute Gasteiger partial charge is 0.262 e. The zero-order valence-electron chi connectivity index (χ0n) is 15.3. The van der Waals surface area contributed by atoms with E-state index in [0.717, 1.165) is 18.4 Å². The molecule has 144 valence electrons. The molecule has 0 fully saturated rings. The van der Waals surface area contributed by atoms with Crippen LogP contribution in [0.5, 0.6) is 11.5 Å². The second-order valence-electron chi connectivity index (χ2n) is 6.27. The molecule has 0 aromatic heterocycles. The van der Waals surface area contributed by atoms with Gasteiger partial charge in [-0.3, -0.25) is 9.10 Å². The monoisotopic (exact) mass is 390 g/mol. The summed E-state index contributed by atoms with van der Waals surface area (Å²) >= 11 is 0. The van der Waals surface area contributed by atoms with Gasteiger partial charge in [0.2, 0.25) is 10.0 Å². The van der Waals surface area contributed by atoms with E-state index in [1.54, 1.807) is 30.3 Å². The number of methoxy groups -OCH3 is 1. The Hall–Kier alpha value is -2.74. The molecule has 2 aromatic rings. The maximum Gasteiger partial charge on any atom is 0.262 e. The quantitative estimate of drug-likeness (QED) is 0.819. The van der Waals surface area contributed by atoms with Gasteiger partial charge in [0.05, 0.1) is 19.1 Å². The summed E-state index contributed by atoms with van der Waals surface area (Å²) in [7, 11) is -1.83. The molecular formula is C19H22N2O5S. The Morgan fingerprint density at radius 2 is 1.93 bits per heavy atom. The van der Waals surface area contributed by atoms with Crippen LogP contribution in [0, 0.1) is 0 Å². The molecule has 2 aromatic carbocycles. The van der Waals surface area contributed by atoms with Crippen molar-refractivity contribution in [3.63, 3.8) is 0 Å². The molecule has 0 unspecified atom stereocenters. The lowest BCUT2D eigenvalue weighted by atomic mass is 10.0. The number of hydrogen-bond acceptors (Lipinski definition) is 5. The number of fused-ring (bicyclic) bond motifs is 1. The highest BCUT2D eigenvalue weighted by molar-refractivity contribution is 7.92. The van der Waals surface area contributed by atoms with Gasteiger partial charge in [0.1, 0.15) is 0 Å². The van der Waals surface area contributed by atoms with Gasteiger partial charge in [0.25, 0.3) is 5.91 Å². The molecule has 1 aliphatic heterocycles. The van der Waals surface area contributed by atoms with Gasteiger partial charge in [0.15, 0.2) is 18.1 Å². The minimum absolute atomic E-state index is 0.187. The lowest BCUT2D eigenvalue weighted by molar-refractivity contribution is -0.118. The maximum absolute atomic E-state index is 12.2. The first-order valence-corrected chi connectivity index (χ1v) is 10.4. The van der Waals surface area contributed by atoms with Crippen LogP contribution >= 0.6 is 0 Å². The topological polar surface area (TPSA) is 84.9 Å². The third-order valence-corrected chi connectivity index (χ3v) is 5.45. The van der Waals surface area contributed by atoms with Crippen molar-refractivity contribution in [3.8, 4) is 11.5 Å². The molecular weight excluding hydrogens is 368 g/mol. The van der Waals surface area contributed by atoms with E-state index in [2.05, 4.69) is 5.32 Å². The highest BCUT2D eigenvalue weighted by Gasteiger charge is 2.24. The molecule has 0 saturated carbocycles. The van der Waals surface area contributed by atoms with E-state index in [4.69, 9.17) is 9.47 Å². The van der Waals surface area contributed by atoms with Crippen molar-refractivity contribution >= 4 is 27.3 Å². The largest absolute Gasteiger partial charge is 0.493 e. The normalized spacial score (nSPS) is 13.6. The van der Waals surface area contributed by atoms with Crippen molar-refractivity contribution in [1.82, 2.24) is 0 Å². The highest BCUT2D eigenvalue weighted by atomic mass is 32.2. The van der Waals surface area contributed by atoms with Crippen LogP contribution in [0.2, 0.25) is 0 Å². The number of hydrogen-bond donors (Lipinski definition) is 1. The predicted molar refractivity (Wildman–Crippen MR) is 104 cm³/mol. The van der Waals surface area contributed by atoms with Gasteiger partial charge >= 0.3 is 0 Å². The zero-order chi connectivity index (χ0) is 19.4. The summed E-state index contributed by atoms with van der Waals surface area (Å²) in [5.41, 5.74) is 2.10. The lowest BCUT2D eigenvalue weighted by Gasteiger charge is -2.29. The molecule has 3 rings (SSSR count). The van der Waals surface area contributed by atoms with Gasteiger partial charge in [-0.1, -0.05) is 18.2 Å². The summed E-state index contributed by atoms with van der Waals surface area (Å²) in [4.78, 5) is 12.2. The molecule has 0 spiro atoms. The van der Waals surface area contributed by atoms with Crippen molar-refractivity contribution in [1.29, 1.82) is 0 Å². The maximum atomic E-state index is 12.2. The summed E-state index contributed by atoms with van der Waals surface area (Å²) in [6.07, 6.45) is 2.78. The molecule has 0 radical (unpaired) electrons. The fraction of sp³-hybridized carbons (Fsp3) is 0.316. The van der Waals surface area contributed by atoms with Crippen molar-refractivity contribution < 1.29 is 22.7 Å². The molecule has 0 bridgehead atoms. The molecule has 0 aliphatic carbocycles. The SMILES string of the molecule is COc1ccccc1OCC(=O)Nc1ccc2c(c1)N(S(C)(=O)=O)CCC2. The molecule has 1 N–H and O–H groups in total. The van der Waals surface area contributed by atoms with E-state index >= 15 is 0 Å². The third kappa shape index (κ3) is 4.51. The number of rotatable bonds is 6. The number of nitrogens with one attached hydrogen (secondary N) is 1. The number of amides is 1. The molecule has 0 atom stereocenters. The van der Waals surface area contributed by atoms with E-state index in [9.17, 15) is 13.2 Å². The summed E-state index contributed by atoms with van der Waals surface area (Å²) in [6.45, 7) is 0.257. The van der Waals surface area contributed by atoms with Crippen molar-refractivity contribution in [2.75, 3.05) is 36.1 Å². The number of ether oxygens (including phenoxy) is 2. The van der Waals surface area contributed by atoms with Crippen LogP contribution in [0.1, 0.15) is 12.0 Å². The lowest BCUT2D eigenvalue weighted by Crippen LogP contribution is -2.34. The number of benzene rings is 2. The Morgan fingerprint density at radius 3 is 2.63 bits per heavy atom. The van der Waals surface area contributed by atoms with Gasteiger partial charge < -0.3 is 14.8 Å². The van der Waals surface area contributed by atoms with Crippen LogP contribution in [0.15, 0.2) is 42.5 Å². The van der Waals surface area contributed by atoms with Crippen LogP contribution < -0.4 is 19.1 Å². The molecule has 27 heavy (non-hydrogen) atoms. The van der Waals surface area contributed by atoms with E-state index < -0.39 is 10.0 Å². The standard InChI is InChI=1S/C19H22N2O5S/c1-25-17-7-3-4-8-18(17)26-13-19(22)20-15-10-9-14-6-5-11-21(16(14)12-15)27(2,23)24/h3-4,7-10,12H,5-6,11,13H2,1-2H3,(H,20,22). The average molecular weight is 390 g/mol. The second-order valence-corrected chi connectivity index (χ2v) is 8.18. The summed E-state index contributed by atoms with van der Waals surface area (Å²) in [5.74, 6) is 0.675. The van der Waals surface area contributed by atoms with Gasteiger partial charge in [-0.05, 0) is 42.7 Å². The number of anilines is 2. The van der Waals surface area contributed by atoms with Crippen molar-refractivity contribution in [2.45, 2.75) is 12.8 Å². The number of aryl methyl sites for hydroxylation is 1. The highest BCUT2D eigenvalue weighted by Crippen LogP contribution is 2.31. The van der Waals surface area contributed by atoms with Crippen LogP contribution in [-0.4, -0.2) is 40.8 Å². The van der Waals surface area contributed by atoms with E-state index in [1.807, 2.05) is 12.1 Å². The van der Waals surface area contributed by atoms with Crippen LogP contribution in [0.3, 0.4) is 0 Å². The first-order valence-electron chi connectivity index (χ1n) is 8.55. The zero-order valence-corrected chi connectivity index (χ0v) is 16.1. The molecule has 1 aliphatic rings. The molecule has 1 amide bonds. The number of carbonyl (C=O) groups excluding carboxylic acids is 1. The average Bonchev–Trinajstić information content (AvgIpc) is 2.65. The first kappa shape index (κ1) is 19.0. The predicted octanol–water partition coefficient (Wildman–Crippen LogP) is 2.42. The van der Waals surface area contributed by atoms with Gasteiger partial charge in [0, 0.05) is 12.2 Å². The van der Waals surface area contributed by atoms with Gasteiger partial charge in [-0.25, -0.2) is 8.42 Å². The molecule has 1 heterocycles.